The largest absolute Gasteiger partial charge is 0.479 e. The van der Waals surface area contributed by atoms with E-state index in [2.05, 4.69) is 6.92 Å². The van der Waals surface area contributed by atoms with E-state index in [1.54, 1.807) is 0 Å². The van der Waals surface area contributed by atoms with E-state index in [0.717, 1.165) is 19.3 Å². The van der Waals surface area contributed by atoms with Gasteiger partial charge in [0.1, 0.15) is 0 Å². The summed E-state index contributed by atoms with van der Waals surface area (Å²) >= 11 is 0. The summed E-state index contributed by atoms with van der Waals surface area (Å²) in [5, 5.41) is 8.92. The Bertz CT molecular complexity index is 208. The first-order valence-electron chi connectivity index (χ1n) is 5.71. The second-order valence-electron chi connectivity index (χ2n) is 4.43. The van der Waals surface area contributed by atoms with Gasteiger partial charge in [0.05, 0.1) is 6.10 Å². The second kappa shape index (κ2) is 6.08. The van der Waals surface area contributed by atoms with Crippen molar-refractivity contribution >= 4 is 5.97 Å². The molecule has 1 fully saturated rings. The maximum absolute atomic E-state index is 10.9. The van der Waals surface area contributed by atoms with Gasteiger partial charge >= 0.3 is 5.97 Å². The van der Waals surface area contributed by atoms with Gasteiger partial charge in [-0.2, -0.15) is 0 Å². The average Bonchev–Trinajstić information content (AvgIpc) is 2.17. The van der Waals surface area contributed by atoms with E-state index in [1.165, 1.54) is 6.42 Å². The van der Waals surface area contributed by atoms with Crippen molar-refractivity contribution < 1.29 is 14.6 Å². The molecule has 1 aliphatic rings. The zero-order valence-electron chi connectivity index (χ0n) is 9.32. The standard InChI is InChI=1S/C11H21NO3/c1-8-3-2-4-9(7-8)15-10(5-6-12)11(13)14/h8-10H,2-7,12H2,1H3,(H,13,14). The maximum atomic E-state index is 10.9. The Morgan fingerprint density at radius 3 is 2.87 bits per heavy atom. The maximum Gasteiger partial charge on any atom is 0.332 e. The molecule has 4 nitrogen and oxygen atoms in total. The van der Waals surface area contributed by atoms with Crippen molar-refractivity contribution in [2.45, 2.75) is 51.2 Å². The molecule has 88 valence electrons. The number of carboxylic acid groups (broad SMARTS) is 1. The molecule has 0 aromatic carbocycles. The van der Waals surface area contributed by atoms with Crippen LogP contribution in [-0.2, 0) is 9.53 Å². The summed E-state index contributed by atoms with van der Waals surface area (Å²) < 4.78 is 5.58. The fraction of sp³-hybridized carbons (Fsp3) is 0.909. The van der Waals surface area contributed by atoms with Crippen LogP contribution >= 0.6 is 0 Å². The van der Waals surface area contributed by atoms with Gasteiger partial charge in [0.2, 0.25) is 0 Å². The van der Waals surface area contributed by atoms with E-state index in [1.807, 2.05) is 0 Å². The molecule has 1 aliphatic carbocycles. The number of carboxylic acids is 1. The van der Waals surface area contributed by atoms with Crippen LogP contribution in [0.25, 0.3) is 0 Å². The minimum atomic E-state index is -0.890. The summed E-state index contributed by atoms with van der Waals surface area (Å²) in [7, 11) is 0. The highest BCUT2D eigenvalue weighted by Crippen LogP contribution is 2.26. The van der Waals surface area contributed by atoms with Gasteiger partial charge in [0.15, 0.2) is 6.10 Å². The van der Waals surface area contributed by atoms with Crippen LogP contribution in [0.15, 0.2) is 0 Å². The molecule has 15 heavy (non-hydrogen) atoms. The average molecular weight is 215 g/mol. The zero-order chi connectivity index (χ0) is 11.3. The number of hydrogen-bond acceptors (Lipinski definition) is 3. The summed E-state index contributed by atoms with van der Waals surface area (Å²) in [5.41, 5.74) is 5.36. The zero-order valence-corrected chi connectivity index (χ0v) is 9.32. The molecular weight excluding hydrogens is 194 g/mol. The first kappa shape index (κ1) is 12.5. The SMILES string of the molecule is CC1CCCC(OC(CCN)C(=O)O)C1. The van der Waals surface area contributed by atoms with Crippen LogP contribution in [0, 0.1) is 5.92 Å². The third-order valence-electron chi connectivity index (χ3n) is 2.95. The van der Waals surface area contributed by atoms with Gasteiger partial charge in [0, 0.05) is 0 Å². The summed E-state index contributed by atoms with van der Waals surface area (Å²) in [4.78, 5) is 10.9. The highest BCUT2D eigenvalue weighted by Gasteiger charge is 2.25. The van der Waals surface area contributed by atoms with E-state index in [0.29, 0.717) is 18.9 Å². The monoisotopic (exact) mass is 215 g/mol. The molecule has 0 spiro atoms. The Morgan fingerprint density at radius 2 is 2.33 bits per heavy atom. The van der Waals surface area contributed by atoms with E-state index >= 15 is 0 Å². The van der Waals surface area contributed by atoms with Crippen LogP contribution < -0.4 is 5.73 Å². The van der Waals surface area contributed by atoms with Crippen LogP contribution in [-0.4, -0.2) is 29.8 Å². The van der Waals surface area contributed by atoms with E-state index in [9.17, 15) is 4.79 Å². The van der Waals surface area contributed by atoms with Gasteiger partial charge in [-0.3, -0.25) is 0 Å². The van der Waals surface area contributed by atoms with Gasteiger partial charge in [-0.25, -0.2) is 4.79 Å². The quantitative estimate of drug-likeness (QED) is 0.726. The molecule has 0 amide bonds. The molecule has 3 unspecified atom stereocenters. The smallest absolute Gasteiger partial charge is 0.332 e. The van der Waals surface area contributed by atoms with Crippen molar-refractivity contribution in [1.82, 2.24) is 0 Å². The van der Waals surface area contributed by atoms with Gasteiger partial charge in [-0.1, -0.05) is 19.8 Å². The van der Waals surface area contributed by atoms with Crippen molar-refractivity contribution in [1.29, 1.82) is 0 Å². The van der Waals surface area contributed by atoms with Gasteiger partial charge in [0.25, 0.3) is 0 Å². The number of rotatable bonds is 5. The third-order valence-corrected chi connectivity index (χ3v) is 2.95. The Balaban J connectivity index is 2.39. The van der Waals surface area contributed by atoms with Crippen LogP contribution in [0.2, 0.25) is 0 Å². The minimum absolute atomic E-state index is 0.112. The highest BCUT2D eigenvalue weighted by molar-refractivity contribution is 5.72. The lowest BCUT2D eigenvalue weighted by Gasteiger charge is -2.29. The Hall–Kier alpha value is -0.610. The first-order chi connectivity index (χ1) is 7.13. The van der Waals surface area contributed by atoms with Crippen molar-refractivity contribution in [2.24, 2.45) is 11.7 Å². The lowest BCUT2D eigenvalue weighted by atomic mass is 9.88. The molecular formula is C11H21NO3. The summed E-state index contributed by atoms with van der Waals surface area (Å²) in [6.07, 6.45) is 4.13. The molecule has 0 radical (unpaired) electrons. The van der Waals surface area contributed by atoms with Gasteiger partial charge < -0.3 is 15.6 Å². The summed E-state index contributed by atoms with van der Waals surface area (Å²) in [6, 6.07) is 0. The molecule has 0 aromatic heterocycles. The Labute approximate surface area is 90.8 Å². The number of hydrogen-bond donors (Lipinski definition) is 2. The van der Waals surface area contributed by atoms with Crippen molar-refractivity contribution in [3.05, 3.63) is 0 Å². The third kappa shape index (κ3) is 4.18. The second-order valence-corrected chi connectivity index (χ2v) is 4.43. The van der Waals surface area contributed by atoms with Gasteiger partial charge in [-0.15, -0.1) is 0 Å². The molecule has 0 aromatic rings. The van der Waals surface area contributed by atoms with E-state index < -0.39 is 12.1 Å². The van der Waals surface area contributed by atoms with Crippen molar-refractivity contribution in [3.8, 4) is 0 Å². The number of nitrogens with two attached hydrogens (primary N) is 1. The Kier molecular flexibility index (Phi) is 5.05. The number of aliphatic carboxylic acids is 1. The molecule has 4 heteroatoms. The molecule has 0 aliphatic heterocycles. The highest BCUT2D eigenvalue weighted by atomic mass is 16.5. The predicted octanol–water partition coefficient (Wildman–Crippen LogP) is 1.38. The lowest BCUT2D eigenvalue weighted by molar-refractivity contribution is -0.156. The number of carbonyl (C=O) groups is 1. The van der Waals surface area contributed by atoms with Crippen molar-refractivity contribution in [2.75, 3.05) is 6.54 Å². The summed E-state index contributed by atoms with van der Waals surface area (Å²) in [6.45, 7) is 2.55. The molecule has 3 N–H and O–H groups in total. The summed E-state index contributed by atoms with van der Waals surface area (Å²) in [5.74, 6) is -0.241. The normalized spacial score (nSPS) is 28.7. The Morgan fingerprint density at radius 1 is 1.60 bits per heavy atom. The molecule has 0 saturated heterocycles. The molecule has 0 bridgehead atoms. The molecule has 1 saturated carbocycles. The molecule has 1 rings (SSSR count). The predicted molar refractivity (Wildman–Crippen MR) is 57.6 cm³/mol. The molecule has 0 heterocycles. The van der Waals surface area contributed by atoms with Crippen LogP contribution in [0.4, 0.5) is 0 Å². The van der Waals surface area contributed by atoms with Gasteiger partial charge in [-0.05, 0) is 31.7 Å². The van der Waals surface area contributed by atoms with Crippen molar-refractivity contribution in [3.63, 3.8) is 0 Å². The topological polar surface area (TPSA) is 72.5 Å². The van der Waals surface area contributed by atoms with E-state index in [4.69, 9.17) is 15.6 Å². The van der Waals surface area contributed by atoms with Crippen LogP contribution in [0.5, 0.6) is 0 Å². The van der Waals surface area contributed by atoms with Crippen LogP contribution in [0.1, 0.15) is 39.0 Å². The minimum Gasteiger partial charge on any atom is -0.479 e. The lowest BCUT2D eigenvalue weighted by Crippen LogP contribution is -2.33. The van der Waals surface area contributed by atoms with E-state index in [-0.39, 0.29) is 6.10 Å². The van der Waals surface area contributed by atoms with Crippen LogP contribution in [0.3, 0.4) is 0 Å². The fourth-order valence-corrected chi connectivity index (χ4v) is 2.14. The molecule has 3 atom stereocenters. The number of ether oxygens (including phenoxy) is 1. The first-order valence-corrected chi connectivity index (χ1v) is 5.71. The fourth-order valence-electron chi connectivity index (χ4n) is 2.14.